The zero-order valence-electron chi connectivity index (χ0n) is 11.8. The van der Waals surface area contributed by atoms with E-state index in [4.69, 9.17) is 16.3 Å². The fourth-order valence-electron chi connectivity index (χ4n) is 3.40. The number of hydrogen-bond acceptors (Lipinski definition) is 3. The average molecular weight is 301 g/mol. The minimum atomic E-state index is -0.386. The summed E-state index contributed by atoms with van der Waals surface area (Å²) in [4.78, 5) is 2.40. The van der Waals surface area contributed by atoms with Crippen LogP contribution in [-0.4, -0.2) is 19.3 Å². The van der Waals surface area contributed by atoms with E-state index in [1.54, 1.807) is 0 Å². The Hall–Kier alpha value is -1.71. The van der Waals surface area contributed by atoms with Gasteiger partial charge in [-0.3, -0.25) is 5.32 Å². The first-order valence-corrected chi connectivity index (χ1v) is 7.58. The van der Waals surface area contributed by atoms with Crippen LogP contribution in [0.4, 0.5) is 5.69 Å². The quantitative estimate of drug-likeness (QED) is 0.874. The molecule has 4 heteroatoms. The van der Waals surface area contributed by atoms with Crippen molar-refractivity contribution in [2.24, 2.45) is 0 Å². The van der Waals surface area contributed by atoms with Gasteiger partial charge in [-0.15, -0.1) is 0 Å². The summed E-state index contributed by atoms with van der Waals surface area (Å²) in [5.74, 6) is 0.940. The molecular formula is C17H17ClN2O. The number of hydrogen-bond donors (Lipinski definition) is 1. The molecule has 0 radical (unpaired) electrons. The third-order valence-electron chi connectivity index (χ3n) is 4.55. The second-order valence-corrected chi connectivity index (χ2v) is 6.22. The van der Waals surface area contributed by atoms with Gasteiger partial charge in [0.05, 0.1) is 18.4 Å². The highest BCUT2D eigenvalue weighted by molar-refractivity contribution is 6.30. The van der Waals surface area contributed by atoms with Crippen LogP contribution in [0.5, 0.6) is 5.75 Å². The van der Waals surface area contributed by atoms with Gasteiger partial charge in [0.2, 0.25) is 0 Å². The van der Waals surface area contributed by atoms with Crippen molar-refractivity contribution in [3.05, 3.63) is 59.1 Å². The standard InChI is InChI=1S/C17H17ClN2O/c1-17(12-6-8-13(18)9-7-12)16-10-19-11-20(16)14-4-2-3-5-15(14)21-17/h2-9,16,19H,10-11H2,1H3. The molecule has 1 saturated heterocycles. The van der Waals surface area contributed by atoms with E-state index >= 15 is 0 Å². The molecule has 2 aliphatic heterocycles. The van der Waals surface area contributed by atoms with E-state index in [9.17, 15) is 0 Å². The van der Waals surface area contributed by atoms with Crippen molar-refractivity contribution in [1.29, 1.82) is 0 Å². The lowest BCUT2D eigenvalue weighted by Crippen LogP contribution is -2.54. The van der Waals surface area contributed by atoms with E-state index in [0.29, 0.717) is 0 Å². The summed E-state index contributed by atoms with van der Waals surface area (Å²) in [5.41, 5.74) is 1.93. The van der Waals surface area contributed by atoms with Gasteiger partial charge in [-0.25, -0.2) is 0 Å². The molecule has 0 aliphatic carbocycles. The van der Waals surface area contributed by atoms with E-state index < -0.39 is 0 Å². The summed E-state index contributed by atoms with van der Waals surface area (Å²) in [6, 6.07) is 16.5. The van der Waals surface area contributed by atoms with E-state index in [2.05, 4.69) is 41.4 Å². The Kier molecular flexibility index (Phi) is 2.88. The van der Waals surface area contributed by atoms with Crippen molar-refractivity contribution in [2.75, 3.05) is 18.1 Å². The van der Waals surface area contributed by atoms with E-state index in [-0.39, 0.29) is 11.6 Å². The fraction of sp³-hybridized carbons (Fsp3) is 0.294. The number of halogens is 1. The third-order valence-corrected chi connectivity index (χ3v) is 4.80. The van der Waals surface area contributed by atoms with Crippen LogP contribution in [0.15, 0.2) is 48.5 Å². The van der Waals surface area contributed by atoms with Gasteiger partial charge in [-0.2, -0.15) is 0 Å². The van der Waals surface area contributed by atoms with Gasteiger partial charge in [0.1, 0.15) is 5.75 Å². The smallest absolute Gasteiger partial charge is 0.153 e. The summed E-state index contributed by atoms with van der Waals surface area (Å²) in [6.07, 6.45) is 0. The van der Waals surface area contributed by atoms with E-state index in [1.165, 1.54) is 5.69 Å². The molecular weight excluding hydrogens is 284 g/mol. The number of ether oxygens (including phenoxy) is 1. The second-order valence-electron chi connectivity index (χ2n) is 5.78. The molecule has 2 aliphatic rings. The van der Waals surface area contributed by atoms with E-state index in [1.807, 2.05) is 24.3 Å². The molecule has 1 fully saturated rings. The molecule has 108 valence electrons. The SMILES string of the molecule is CC1(c2ccc(Cl)cc2)Oc2ccccc2N2CNCC21. The Morgan fingerprint density at radius 3 is 2.76 bits per heavy atom. The average Bonchev–Trinajstić information content (AvgIpc) is 2.99. The molecule has 2 unspecified atom stereocenters. The molecule has 2 aromatic carbocycles. The Bertz CT molecular complexity index is 673. The van der Waals surface area contributed by atoms with Gasteiger partial charge in [-0.05, 0) is 36.8 Å². The first-order valence-electron chi connectivity index (χ1n) is 7.20. The van der Waals surface area contributed by atoms with Crippen LogP contribution in [0, 0.1) is 0 Å². The van der Waals surface area contributed by atoms with Crippen molar-refractivity contribution in [1.82, 2.24) is 5.32 Å². The predicted molar refractivity (Wildman–Crippen MR) is 85.0 cm³/mol. The second kappa shape index (κ2) is 4.65. The van der Waals surface area contributed by atoms with Crippen LogP contribution in [0.25, 0.3) is 0 Å². The maximum Gasteiger partial charge on any atom is 0.153 e. The van der Waals surface area contributed by atoms with Crippen molar-refractivity contribution in [3.8, 4) is 5.75 Å². The van der Waals surface area contributed by atoms with Gasteiger partial charge in [0.15, 0.2) is 5.60 Å². The van der Waals surface area contributed by atoms with Gasteiger partial charge in [0.25, 0.3) is 0 Å². The lowest BCUT2D eigenvalue weighted by atomic mass is 9.85. The Morgan fingerprint density at radius 2 is 1.95 bits per heavy atom. The molecule has 21 heavy (non-hydrogen) atoms. The molecule has 2 aromatic rings. The third kappa shape index (κ3) is 1.92. The zero-order chi connectivity index (χ0) is 14.4. The van der Waals surface area contributed by atoms with Gasteiger partial charge >= 0.3 is 0 Å². The van der Waals surface area contributed by atoms with E-state index in [0.717, 1.165) is 29.5 Å². The molecule has 3 nitrogen and oxygen atoms in total. The lowest BCUT2D eigenvalue weighted by molar-refractivity contribution is 0.0519. The molecule has 0 bridgehead atoms. The Balaban J connectivity index is 1.84. The highest BCUT2D eigenvalue weighted by Gasteiger charge is 2.48. The number of fused-ring (bicyclic) bond motifs is 3. The first-order chi connectivity index (χ1) is 10.2. The number of nitrogens with one attached hydrogen (secondary N) is 1. The van der Waals surface area contributed by atoms with Crippen molar-refractivity contribution in [3.63, 3.8) is 0 Å². The van der Waals surface area contributed by atoms with Crippen LogP contribution < -0.4 is 15.0 Å². The van der Waals surface area contributed by atoms with Crippen LogP contribution in [0.1, 0.15) is 12.5 Å². The molecule has 0 spiro atoms. The van der Waals surface area contributed by atoms with Crippen molar-refractivity contribution < 1.29 is 4.74 Å². The summed E-state index contributed by atoms with van der Waals surface area (Å²) in [6.45, 7) is 3.93. The number of benzene rings is 2. The van der Waals surface area contributed by atoms with Gasteiger partial charge < -0.3 is 9.64 Å². The molecule has 0 aromatic heterocycles. The number of nitrogens with zero attached hydrogens (tertiary/aromatic N) is 1. The molecule has 4 rings (SSSR count). The highest BCUT2D eigenvalue weighted by atomic mass is 35.5. The Morgan fingerprint density at radius 1 is 1.19 bits per heavy atom. The minimum absolute atomic E-state index is 0.272. The van der Waals surface area contributed by atoms with Crippen LogP contribution in [0.2, 0.25) is 5.02 Å². The molecule has 0 amide bonds. The minimum Gasteiger partial charge on any atom is -0.478 e. The van der Waals surface area contributed by atoms with Crippen molar-refractivity contribution in [2.45, 2.75) is 18.6 Å². The van der Waals surface area contributed by atoms with Gasteiger partial charge in [-0.1, -0.05) is 35.9 Å². The predicted octanol–water partition coefficient (Wildman–Crippen LogP) is 3.38. The molecule has 0 saturated carbocycles. The monoisotopic (exact) mass is 300 g/mol. The highest BCUT2D eigenvalue weighted by Crippen LogP contribution is 2.45. The summed E-state index contributed by atoms with van der Waals surface area (Å²) in [5, 5.41) is 4.21. The lowest BCUT2D eigenvalue weighted by Gasteiger charge is -2.46. The molecule has 2 atom stereocenters. The van der Waals surface area contributed by atoms with Crippen LogP contribution in [-0.2, 0) is 5.60 Å². The number of anilines is 1. The Labute approximate surface area is 129 Å². The summed E-state index contributed by atoms with van der Waals surface area (Å²) in [7, 11) is 0. The van der Waals surface area contributed by atoms with Crippen LogP contribution >= 0.6 is 11.6 Å². The van der Waals surface area contributed by atoms with Gasteiger partial charge in [0, 0.05) is 11.6 Å². The number of para-hydroxylation sites is 2. The first kappa shape index (κ1) is 13.0. The summed E-state index contributed by atoms with van der Waals surface area (Å²) < 4.78 is 6.43. The maximum absolute atomic E-state index is 6.43. The fourth-order valence-corrected chi connectivity index (χ4v) is 3.52. The normalized spacial score (nSPS) is 27.0. The van der Waals surface area contributed by atoms with Crippen LogP contribution in [0.3, 0.4) is 0 Å². The maximum atomic E-state index is 6.43. The number of rotatable bonds is 1. The molecule has 1 N–H and O–H groups in total. The summed E-state index contributed by atoms with van der Waals surface area (Å²) >= 11 is 6.02. The zero-order valence-corrected chi connectivity index (χ0v) is 12.6. The largest absolute Gasteiger partial charge is 0.478 e. The molecule has 2 heterocycles. The topological polar surface area (TPSA) is 24.5 Å². The van der Waals surface area contributed by atoms with Crippen molar-refractivity contribution >= 4 is 17.3 Å².